The molecule has 2 aliphatic rings. The third-order valence-electron chi connectivity index (χ3n) is 4.62. The number of ether oxygens (including phenoxy) is 1. The summed E-state index contributed by atoms with van der Waals surface area (Å²) in [7, 11) is 0. The van der Waals surface area contributed by atoms with Gasteiger partial charge in [-0.2, -0.15) is 0 Å². The maximum Gasteiger partial charge on any atom is 0.251 e. The number of aromatic nitrogens is 1. The van der Waals surface area contributed by atoms with Crippen molar-refractivity contribution in [2.45, 2.75) is 50.7 Å². The molecule has 1 aromatic rings. The minimum absolute atomic E-state index is 0.229. The lowest BCUT2D eigenvalue weighted by Gasteiger charge is -2.47. The summed E-state index contributed by atoms with van der Waals surface area (Å²) in [5.41, 5.74) is -0.379. The Labute approximate surface area is 135 Å². The summed E-state index contributed by atoms with van der Waals surface area (Å²) in [6, 6.07) is 0. The van der Waals surface area contributed by atoms with E-state index in [1.807, 2.05) is 13.8 Å². The molecule has 3 heterocycles. The molecule has 0 amide bonds. The maximum atomic E-state index is 12.9. The standard InChI is InChI=1S/C16H25F2N3O2/c1-11(2)12-7-20-15(22-12)13-8-21(9-14(17)18)10-16(23-13)3-5-19-6-4-16/h7,11,13-14,19H,3-6,8-10H2,1-2H3. The number of piperidine rings is 1. The lowest BCUT2D eigenvalue weighted by Crippen LogP contribution is -2.57. The zero-order chi connectivity index (χ0) is 16.4. The van der Waals surface area contributed by atoms with E-state index in [9.17, 15) is 8.78 Å². The number of halogens is 2. The van der Waals surface area contributed by atoms with Gasteiger partial charge >= 0.3 is 0 Å². The first-order valence-electron chi connectivity index (χ1n) is 8.32. The lowest BCUT2D eigenvalue weighted by molar-refractivity contribution is -0.180. The highest BCUT2D eigenvalue weighted by Gasteiger charge is 2.43. The largest absolute Gasteiger partial charge is 0.443 e. The van der Waals surface area contributed by atoms with Crippen molar-refractivity contribution in [3.8, 4) is 0 Å². The monoisotopic (exact) mass is 329 g/mol. The van der Waals surface area contributed by atoms with E-state index < -0.39 is 6.43 Å². The average Bonchev–Trinajstić information content (AvgIpc) is 2.97. The van der Waals surface area contributed by atoms with Gasteiger partial charge in [-0.1, -0.05) is 13.8 Å². The van der Waals surface area contributed by atoms with Gasteiger partial charge in [-0.25, -0.2) is 13.8 Å². The molecule has 2 aliphatic heterocycles. The summed E-state index contributed by atoms with van der Waals surface area (Å²) in [6.07, 6.45) is 0.628. The fourth-order valence-corrected chi connectivity index (χ4v) is 3.42. The molecule has 1 spiro atoms. The Morgan fingerprint density at radius 3 is 2.74 bits per heavy atom. The van der Waals surface area contributed by atoms with Crippen LogP contribution in [-0.2, 0) is 4.74 Å². The number of hydrogen-bond donors (Lipinski definition) is 1. The van der Waals surface area contributed by atoms with Gasteiger partial charge in [-0.05, 0) is 25.9 Å². The topological polar surface area (TPSA) is 50.5 Å². The molecule has 130 valence electrons. The third kappa shape index (κ3) is 3.89. The highest BCUT2D eigenvalue weighted by Crippen LogP contribution is 2.36. The quantitative estimate of drug-likeness (QED) is 0.920. The van der Waals surface area contributed by atoms with Crippen LogP contribution in [0.15, 0.2) is 10.6 Å². The predicted octanol–water partition coefficient (Wildman–Crippen LogP) is 2.56. The maximum absolute atomic E-state index is 12.9. The van der Waals surface area contributed by atoms with Crippen LogP contribution in [-0.4, -0.2) is 54.6 Å². The molecule has 3 rings (SSSR count). The number of nitrogens with one attached hydrogen (secondary N) is 1. The van der Waals surface area contributed by atoms with Gasteiger partial charge in [0.05, 0.1) is 18.3 Å². The molecular weight excluding hydrogens is 304 g/mol. The Hall–Kier alpha value is -1.05. The molecule has 1 unspecified atom stereocenters. The van der Waals surface area contributed by atoms with Gasteiger partial charge in [0, 0.05) is 19.0 Å². The van der Waals surface area contributed by atoms with Crippen molar-refractivity contribution in [3.63, 3.8) is 0 Å². The van der Waals surface area contributed by atoms with Crippen molar-refractivity contribution in [3.05, 3.63) is 17.8 Å². The highest BCUT2D eigenvalue weighted by atomic mass is 19.3. The van der Waals surface area contributed by atoms with Crippen LogP contribution in [0.2, 0.25) is 0 Å². The molecule has 0 saturated carbocycles. The third-order valence-corrected chi connectivity index (χ3v) is 4.62. The van der Waals surface area contributed by atoms with Gasteiger partial charge in [0.15, 0.2) is 0 Å². The first kappa shape index (κ1) is 16.8. The second-order valence-electron chi connectivity index (χ2n) is 6.88. The van der Waals surface area contributed by atoms with E-state index in [0.717, 1.165) is 31.7 Å². The van der Waals surface area contributed by atoms with Crippen molar-refractivity contribution in [1.82, 2.24) is 15.2 Å². The van der Waals surface area contributed by atoms with E-state index in [1.54, 1.807) is 11.1 Å². The van der Waals surface area contributed by atoms with Gasteiger partial charge < -0.3 is 14.5 Å². The predicted molar refractivity (Wildman–Crippen MR) is 81.7 cm³/mol. The zero-order valence-corrected chi connectivity index (χ0v) is 13.7. The fraction of sp³-hybridized carbons (Fsp3) is 0.812. The Kier molecular flexibility index (Phi) is 4.98. The number of oxazole rings is 1. The van der Waals surface area contributed by atoms with Gasteiger partial charge in [0.2, 0.25) is 5.89 Å². The van der Waals surface area contributed by atoms with Crippen molar-refractivity contribution >= 4 is 0 Å². The Balaban J connectivity index is 1.79. The van der Waals surface area contributed by atoms with E-state index in [2.05, 4.69) is 10.3 Å². The highest BCUT2D eigenvalue weighted by molar-refractivity contribution is 5.04. The lowest BCUT2D eigenvalue weighted by atomic mass is 9.89. The van der Waals surface area contributed by atoms with Crippen LogP contribution in [0.25, 0.3) is 0 Å². The first-order valence-corrected chi connectivity index (χ1v) is 8.32. The molecule has 0 radical (unpaired) electrons. The summed E-state index contributed by atoms with van der Waals surface area (Å²) in [5.74, 6) is 1.55. The van der Waals surface area contributed by atoms with Gasteiger partial charge in [0.25, 0.3) is 6.43 Å². The molecule has 0 aliphatic carbocycles. The molecule has 1 aromatic heterocycles. The summed E-state index contributed by atoms with van der Waals surface area (Å²) < 4.78 is 37.9. The van der Waals surface area contributed by atoms with E-state index >= 15 is 0 Å². The molecule has 7 heteroatoms. The van der Waals surface area contributed by atoms with Crippen LogP contribution in [0.4, 0.5) is 8.78 Å². The van der Waals surface area contributed by atoms with Crippen LogP contribution in [0, 0.1) is 0 Å². The molecule has 0 bridgehead atoms. The fourth-order valence-electron chi connectivity index (χ4n) is 3.42. The summed E-state index contributed by atoms with van der Waals surface area (Å²) in [5, 5.41) is 3.30. The number of alkyl halides is 2. The molecule has 23 heavy (non-hydrogen) atoms. The molecule has 5 nitrogen and oxygen atoms in total. The number of rotatable bonds is 4. The summed E-state index contributed by atoms with van der Waals surface area (Å²) in [4.78, 5) is 6.13. The zero-order valence-electron chi connectivity index (χ0n) is 13.7. The van der Waals surface area contributed by atoms with Gasteiger partial charge in [-0.3, -0.25) is 4.90 Å². The van der Waals surface area contributed by atoms with Crippen LogP contribution < -0.4 is 5.32 Å². The van der Waals surface area contributed by atoms with E-state index in [0.29, 0.717) is 19.0 Å². The smallest absolute Gasteiger partial charge is 0.251 e. The number of hydrogen-bond acceptors (Lipinski definition) is 5. The number of nitrogens with zero attached hydrogens (tertiary/aromatic N) is 2. The number of morpholine rings is 1. The molecular formula is C16H25F2N3O2. The minimum atomic E-state index is -2.34. The van der Waals surface area contributed by atoms with Gasteiger partial charge in [-0.15, -0.1) is 0 Å². The summed E-state index contributed by atoms with van der Waals surface area (Å²) in [6.45, 7) is 6.47. The van der Waals surface area contributed by atoms with Crippen molar-refractivity contribution < 1.29 is 17.9 Å². The molecule has 1 N–H and O–H groups in total. The van der Waals surface area contributed by atoms with Gasteiger partial charge in [0.1, 0.15) is 11.9 Å². The summed E-state index contributed by atoms with van der Waals surface area (Å²) >= 11 is 0. The van der Waals surface area contributed by atoms with Crippen LogP contribution >= 0.6 is 0 Å². The van der Waals surface area contributed by atoms with E-state index in [1.165, 1.54) is 0 Å². The Morgan fingerprint density at radius 1 is 1.39 bits per heavy atom. The molecule has 0 aromatic carbocycles. The van der Waals surface area contributed by atoms with Crippen molar-refractivity contribution in [2.75, 3.05) is 32.7 Å². The Morgan fingerprint density at radius 2 is 2.13 bits per heavy atom. The second-order valence-corrected chi connectivity index (χ2v) is 6.88. The van der Waals surface area contributed by atoms with E-state index in [4.69, 9.17) is 9.15 Å². The van der Waals surface area contributed by atoms with Crippen LogP contribution in [0.3, 0.4) is 0 Å². The minimum Gasteiger partial charge on any atom is -0.443 e. The average molecular weight is 329 g/mol. The second kappa shape index (κ2) is 6.83. The van der Waals surface area contributed by atoms with E-state index in [-0.39, 0.29) is 24.2 Å². The molecule has 2 fully saturated rings. The molecule has 2 saturated heterocycles. The van der Waals surface area contributed by atoms with Crippen LogP contribution in [0.5, 0.6) is 0 Å². The first-order chi connectivity index (χ1) is 11.0. The van der Waals surface area contributed by atoms with Crippen molar-refractivity contribution in [2.24, 2.45) is 0 Å². The Bertz CT molecular complexity index is 515. The van der Waals surface area contributed by atoms with Crippen molar-refractivity contribution in [1.29, 1.82) is 0 Å². The normalized spacial score (nSPS) is 25.6. The van der Waals surface area contributed by atoms with Crippen LogP contribution in [0.1, 0.15) is 50.4 Å². The SMILES string of the molecule is CC(C)c1cnc(C2CN(CC(F)F)CC3(CCNCC3)O2)o1. The molecule has 1 atom stereocenters.